The minimum atomic E-state index is 0.0328. The summed E-state index contributed by atoms with van der Waals surface area (Å²) >= 11 is 0. The van der Waals surface area contributed by atoms with Gasteiger partial charge in [0.1, 0.15) is 0 Å². The molecule has 342 valence electrons. The lowest BCUT2D eigenvalue weighted by Crippen LogP contribution is -2.31. The third kappa shape index (κ3) is 9.20. The van der Waals surface area contributed by atoms with Crippen LogP contribution >= 0.6 is 0 Å². The van der Waals surface area contributed by atoms with Crippen molar-refractivity contribution in [2.24, 2.45) is 0 Å². The Hall–Kier alpha value is -3.12. The molecule has 0 heteroatoms. The van der Waals surface area contributed by atoms with Gasteiger partial charge in [0.2, 0.25) is 0 Å². The molecule has 0 aliphatic heterocycles. The van der Waals surface area contributed by atoms with Gasteiger partial charge < -0.3 is 0 Å². The topological polar surface area (TPSA) is 0 Å². The molecule has 0 nitrogen and oxygen atoms in total. The van der Waals surface area contributed by atoms with E-state index in [9.17, 15) is 0 Å². The molecule has 3 aliphatic carbocycles. The second-order valence-electron chi connectivity index (χ2n) is 21.0. The van der Waals surface area contributed by atoms with Crippen LogP contribution in [0.3, 0.4) is 0 Å². The lowest BCUT2D eigenvalue weighted by molar-refractivity contribution is 0.389. The molecule has 0 amide bonds. The average molecular weight is 847 g/mol. The molecule has 0 spiro atoms. The molecule has 0 bridgehead atoms. The van der Waals surface area contributed by atoms with Crippen molar-refractivity contribution >= 4 is 0 Å². The van der Waals surface area contributed by atoms with E-state index in [1.54, 1.807) is 66.8 Å². The van der Waals surface area contributed by atoms with Crippen molar-refractivity contribution in [2.45, 2.75) is 250 Å². The van der Waals surface area contributed by atoms with Gasteiger partial charge >= 0.3 is 0 Å². The molecule has 0 aromatic heterocycles. The number of benzene rings is 4. The first-order chi connectivity index (χ1) is 31.0. The largest absolute Gasteiger partial charge is 0.0654 e. The fraction of sp³-hybridized carbons (Fsp3) is 0.619. The van der Waals surface area contributed by atoms with Crippen LogP contribution in [-0.4, -0.2) is 0 Å². The zero-order valence-electron chi connectivity index (χ0n) is 41.6. The molecule has 3 aliphatic rings. The van der Waals surface area contributed by atoms with Gasteiger partial charge in [0.05, 0.1) is 0 Å². The van der Waals surface area contributed by atoms with Crippen LogP contribution in [0.5, 0.6) is 0 Å². The van der Waals surface area contributed by atoms with Gasteiger partial charge in [0, 0.05) is 16.2 Å². The Morgan fingerprint density at radius 2 is 0.460 bits per heavy atom. The van der Waals surface area contributed by atoms with Crippen LogP contribution in [0, 0.1) is 0 Å². The van der Waals surface area contributed by atoms with E-state index in [0.717, 1.165) is 0 Å². The minimum absolute atomic E-state index is 0.0328. The third-order valence-corrected chi connectivity index (χ3v) is 16.8. The fourth-order valence-electron chi connectivity index (χ4n) is 13.8. The summed E-state index contributed by atoms with van der Waals surface area (Å²) in [6.45, 7) is 14.4. The van der Waals surface area contributed by atoms with Gasteiger partial charge in [-0.25, -0.2) is 0 Å². The summed E-state index contributed by atoms with van der Waals surface area (Å²) in [7, 11) is 0. The van der Waals surface area contributed by atoms with E-state index in [1.165, 1.54) is 193 Å². The molecule has 7 rings (SSSR count). The van der Waals surface area contributed by atoms with Gasteiger partial charge in [-0.3, -0.25) is 0 Å². The Labute approximate surface area is 388 Å². The first-order valence-corrected chi connectivity index (χ1v) is 27.6. The van der Waals surface area contributed by atoms with Crippen molar-refractivity contribution in [2.75, 3.05) is 0 Å². The van der Waals surface area contributed by atoms with Gasteiger partial charge in [-0.15, -0.1) is 0 Å². The van der Waals surface area contributed by atoms with Crippen molar-refractivity contribution in [1.82, 2.24) is 0 Å². The van der Waals surface area contributed by atoms with E-state index in [0.29, 0.717) is 0 Å². The Morgan fingerprint density at radius 1 is 0.254 bits per heavy atom. The number of hydrogen-bond acceptors (Lipinski definition) is 0. The van der Waals surface area contributed by atoms with Gasteiger partial charge in [-0.05, 0) is 105 Å². The van der Waals surface area contributed by atoms with Crippen molar-refractivity contribution in [3.05, 3.63) is 106 Å². The second-order valence-corrected chi connectivity index (χ2v) is 21.0. The Morgan fingerprint density at radius 3 is 0.667 bits per heavy atom. The van der Waals surface area contributed by atoms with Crippen LogP contribution < -0.4 is 0 Å². The lowest BCUT2D eigenvalue weighted by atomic mass is 9.63. The Kier molecular flexibility index (Phi) is 17.4. The second kappa shape index (κ2) is 22.9. The smallest absolute Gasteiger partial charge is 0.0221 e. The van der Waals surface area contributed by atoms with E-state index in [4.69, 9.17) is 0 Å². The summed E-state index contributed by atoms with van der Waals surface area (Å²) < 4.78 is 0. The zero-order chi connectivity index (χ0) is 44.1. The molecule has 0 atom stereocenters. The molecule has 0 heterocycles. The lowest BCUT2D eigenvalue weighted by Gasteiger charge is -2.39. The average Bonchev–Trinajstić information content (AvgIpc) is 3.87. The van der Waals surface area contributed by atoms with Crippen molar-refractivity contribution in [3.8, 4) is 33.4 Å². The zero-order valence-corrected chi connectivity index (χ0v) is 41.6. The molecular formula is C63H90. The summed E-state index contributed by atoms with van der Waals surface area (Å²) in [5, 5.41) is 0. The van der Waals surface area contributed by atoms with Crippen LogP contribution in [0.15, 0.2) is 72.8 Å². The van der Waals surface area contributed by atoms with E-state index >= 15 is 0 Å². The number of hydrogen-bond donors (Lipinski definition) is 0. The Bertz CT molecular complexity index is 1750. The predicted molar refractivity (Wildman–Crippen MR) is 278 cm³/mol. The van der Waals surface area contributed by atoms with Crippen molar-refractivity contribution in [1.29, 1.82) is 0 Å². The molecule has 0 N–H and O–H groups in total. The van der Waals surface area contributed by atoms with Gasteiger partial charge in [0.25, 0.3) is 0 Å². The van der Waals surface area contributed by atoms with E-state index < -0.39 is 0 Å². The maximum absolute atomic E-state index is 2.64. The summed E-state index contributed by atoms with van der Waals surface area (Å²) in [6.07, 6.45) is 39.5. The Balaban J connectivity index is 1.64. The van der Waals surface area contributed by atoms with Gasteiger partial charge in [-0.1, -0.05) is 268 Å². The van der Waals surface area contributed by atoms with Crippen LogP contribution in [-0.2, 0) is 16.2 Å². The fourth-order valence-corrected chi connectivity index (χ4v) is 13.8. The summed E-state index contributed by atoms with van der Waals surface area (Å²) in [6, 6.07) is 30.3. The first kappa shape index (κ1) is 47.8. The van der Waals surface area contributed by atoms with Crippen LogP contribution in [0.25, 0.3) is 33.4 Å². The molecule has 0 saturated heterocycles. The summed E-state index contributed by atoms with van der Waals surface area (Å²) in [5.41, 5.74) is 20.6. The van der Waals surface area contributed by atoms with Gasteiger partial charge in [0.15, 0.2) is 0 Å². The van der Waals surface area contributed by atoms with E-state index in [1.807, 2.05) is 0 Å². The van der Waals surface area contributed by atoms with Crippen LogP contribution in [0.2, 0.25) is 0 Å². The standard InChI is InChI=1S/C63H90/c1-7-13-19-31-43-61(44-32-20-14-8-2)52-40-28-25-37-49(52)55-58(61)56-50-38-26-29-41-53(50)62(45-33-21-15-9-3,46-34-22-16-10-4)60(56)57-51-39-27-30-42-54(51)63(59(55)57,47-35-23-17-11-5)48-36-24-18-12-6/h25-30,37-42H,7-24,31-36,43-48H2,1-6H3. The van der Waals surface area contributed by atoms with E-state index in [2.05, 4.69) is 114 Å². The van der Waals surface area contributed by atoms with Crippen LogP contribution in [0.4, 0.5) is 0 Å². The molecule has 0 saturated carbocycles. The molecule has 63 heavy (non-hydrogen) atoms. The third-order valence-electron chi connectivity index (χ3n) is 16.8. The molecule has 0 radical (unpaired) electrons. The molecule has 0 fully saturated rings. The van der Waals surface area contributed by atoms with Crippen LogP contribution in [0.1, 0.15) is 268 Å². The maximum Gasteiger partial charge on any atom is 0.0221 e. The molecular weight excluding hydrogens is 757 g/mol. The maximum atomic E-state index is 2.64. The van der Waals surface area contributed by atoms with E-state index in [-0.39, 0.29) is 16.2 Å². The highest BCUT2D eigenvalue weighted by atomic mass is 14.6. The SMILES string of the molecule is CCCCCCC1(CCCCCC)c2ccccc2-c2c1c1c(c3c2C(CCCCCC)(CCCCCC)c2ccccc2-3)C(CCCCCC)(CCCCCC)c2ccccc2-1. The normalized spacial score (nSPS) is 15.5. The quantitative estimate of drug-likeness (QED) is 0.0459. The highest BCUT2D eigenvalue weighted by molar-refractivity contribution is 6.05. The number of unbranched alkanes of at least 4 members (excludes halogenated alkanes) is 18. The van der Waals surface area contributed by atoms with Gasteiger partial charge in [-0.2, -0.15) is 0 Å². The molecule has 0 unspecified atom stereocenters. The molecule has 4 aromatic carbocycles. The summed E-state index contributed by atoms with van der Waals surface area (Å²) in [5.74, 6) is 0. The van der Waals surface area contributed by atoms with Crippen molar-refractivity contribution < 1.29 is 0 Å². The summed E-state index contributed by atoms with van der Waals surface area (Å²) in [4.78, 5) is 0. The molecule has 4 aromatic rings. The first-order valence-electron chi connectivity index (χ1n) is 27.6. The highest BCUT2D eigenvalue weighted by Crippen LogP contribution is 2.71. The van der Waals surface area contributed by atoms with Crippen molar-refractivity contribution in [3.63, 3.8) is 0 Å². The predicted octanol–water partition coefficient (Wildman–Crippen LogP) is 20.3. The monoisotopic (exact) mass is 847 g/mol. The highest BCUT2D eigenvalue weighted by Gasteiger charge is 2.57. The minimum Gasteiger partial charge on any atom is -0.0654 e. The number of fused-ring (bicyclic) bond motifs is 12. The number of rotatable bonds is 30.